The number of halogens is 4. The first kappa shape index (κ1) is 17.9. The van der Waals surface area contributed by atoms with E-state index in [9.17, 15) is 26.0 Å². The SMILES string of the molecule is N#Cc1cccc(S(=O)(=O)NCc2cc(F)cc(C(F)(F)F)c2)c1. The van der Waals surface area contributed by atoms with E-state index in [2.05, 4.69) is 4.72 Å². The monoisotopic (exact) mass is 358 g/mol. The van der Waals surface area contributed by atoms with Crippen LogP contribution in [0.25, 0.3) is 0 Å². The highest BCUT2D eigenvalue weighted by Gasteiger charge is 2.31. The Bertz CT molecular complexity index is 902. The molecule has 126 valence electrons. The van der Waals surface area contributed by atoms with Gasteiger partial charge >= 0.3 is 6.18 Å². The predicted octanol–water partition coefficient (Wildman–Crippen LogP) is 3.19. The van der Waals surface area contributed by atoms with E-state index < -0.39 is 34.1 Å². The van der Waals surface area contributed by atoms with Crippen molar-refractivity contribution in [2.24, 2.45) is 0 Å². The fraction of sp³-hybridized carbons (Fsp3) is 0.133. The number of nitriles is 1. The highest BCUT2D eigenvalue weighted by Crippen LogP contribution is 2.30. The van der Waals surface area contributed by atoms with Crippen LogP contribution in [0.1, 0.15) is 16.7 Å². The van der Waals surface area contributed by atoms with Gasteiger partial charge in [0.25, 0.3) is 0 Å². The van der Waals surface area contributed by atoms with E-state index in [1.807, 2.05) is 0 Å². The first-order valence-corrected chi connectivity index (χ1v) is 7.96. The van der Waals surface area contributed by atoms with Gasteiger partial charge in [-0.05, 0) is 42.0 Å². The largest absolute Gasteiger partial charge is 0.416 e. The molecule has 4 nitrogen and oxygen atoms in total. The summed E-state index contributed by atoms with van der Waals surface area (Å²) >= 11 is 0. The molecule has 24 heavy (non-hydrogen) atoms. The molecule has 2 aromatic carbocycles. The minimum atomic E-state index is -4.74. The molecule has 1 N–H and O–H groups in total. The summed E-state index contributed by atoms with van der Waals surface area (Å²) in [4.78, 5) is -0.214. The Morgan fingerprint density at radius 1 is 1.12 bits per heavy atom. The quantitative estimate of drug-likeness (QED) is 0.854. The summed E-state index contributed by atoms with van der Waals surface area (Å²) in [5.41, 5.74) is -1.27. The number of sulfonamides is 1. The molecule has 0 saturated carbocycles. The second-order valence-corrected chi connectivity index (χ2v) is 6.58. The zero-order chi connectivity index (χ0) is 18.0. The van der Waals surface area contributed by atoms with Gasteiger partial charge in [-0.1, -0.05) is 6.07 Å². The number of benzene rings is 2. The number of alkyl halides is 3. The standard InChI is InChI=1S/C15H10F4N2O2S/c16-13-5-11(4-12(7-13)15(17,18)19)9-21-24(22,23)14-3-1-2-10(6-14)8-20/h1-7,21H,9H2. The van der Waals surface area contributed by atoms with E-state index in [1.54, 1.807) is 6.07 Å². The molecule has 0 atom stereocenters. The van der Waals surface area contributed by atoms with Crippen molar-refractivity contribution >= 4 is 10.0 Å². The van der Waals surface area contributed by atoms with Crippen LogP contribution in [0, 0.1) is 17.1 Å². The molecule has 0 saturated heterocycles. The molecule has 0 radical (unpaired) electrons. The van der Waals surface area contributed by atoms with Crippen LogP contribution < -0.4 is 4.72 Å². The number of hydrogen-bond donors (Lipinski definition) is 1. The highest BCUT2D eigenvalue weighted by molar-refractivity contribution is 7.89. The van der Waals surface area contributed by atoms with Gasteiger partial charge in [-0.25, -0.2) is 17.5 Å². The molecule has 0 spiro atoms. The van der Waals surface area contributed by atoms with Crippen molar-refractivity contribution in [3.05, 3.63) is 65.0 Å². The first-order chi connectivity index (χ1) is 11.1. The molecule has 0 aliphatic carbocycles. The van der Waals surface area contributed by atoms with E-state index in [0.29, 0.717) is 12.1 Å². The Morgan fingerprint density at radius 3 is 2.46 bits per heavy atom. The third-order valence-corrected chi connectivity index (χ3v) is 4.42. The topological polar surface area (TPSA) is 70.0 Å². The van der Waals surface area contributed by atoms with Crippen LogP contribution in [-0.2, 0) is 22.7 Å². The van der Waals surface area contributed by atoms with Crippen LogP contribution in [0.3, 0.4) is 0 Å². The molecule has 0 unspecified atom stereocenters. The van der Waals surface area contributed by atoms with Gasteiger partial charge in [0.2, 0.25) is 10.0 Å². The second-order valence-electron chi connectivity index (χ2n) is 4.81. The lowest BCUT2D eigenvalue weighted by Crippen LogP contribution is -2.23. The van der Waals surface area contributed by atoms with Gasteiger partial charge in [0.15, 0.2) is 0 Å². The van der Waals surface area contributed by atoms with Crippen molar-refractivity contribution in [3.63, 3.8) is 0 Å². The Morgan fingerprint density at radius 2 is 1.83 bits per heavy atom. The predicted molar refractivity (Wildman–Crippen MR) is 76.6 cm³/mol. The second kappa shape index (κ2) is 6.59. The number of nitrogens with zero attached hydrogens (tertiary/aromatic N) is 1. The molecule has 0 bridgehead atoms. The normalized spacial score (nSPS) is 12.0. The van der Waals surface area contributed by atoms with Crippen LogP contribution in [0.5, 0.6) is 0 Å². The van der Waals surface area contributed by atoms with E-state index >= 15 is 0 Å². The van der Waals surface area contributed by atoms with Crippen molar-refractivity contribution in [3.8, 4) is 6.07 Å². The van der Waals surface area contributed by atoms with Crippen LogP contribution in [-0.4, -0.2) is 8.42 Å². The van der Waals surface area contributed by atoms with E-state index in [-0.39, 0.29) is 16.0 Å². The van der Waals surface area contributed by atoms with Crippen LogP contribution in [0.2, 0.25) is 0 Å². The molecule has 2 rings (SSSR count). The molecule has 0 amide bonds. The summed E-state index contributed by atoms with van der Waals surface area (Å²) < 4.78 is 77.5. The van der Waals surface area contributed by atoms with Crippen LogP contribution in [0.4, 0.5) is 17.6 Å². The van der Waals surface area contributed by atoms with Gasteiger partial charge in [-0.15, -0.1) is 0 Å². The summed E-state index contributed by atoms with van der Waals surface area (Å²) in [5.74, 6) is -1.12. The molecule has 0 heterocycles. The maximum absolute atomic E-state index is 13.3. The van der Waals surface area contributed by atoms with E-state index in [4.69, 9.17) is 5.26 Å². The average Bonchev–Trinajstić information content (AvgIpc) is 2.52. The molecule has 9 heteroatoms. The van der Waals surface area contributed by atoms with Crippen molar-refractivity contribution < 1.29 is 26.0 Å². The lowest BCUT2D eigenvalue weighted by atomic mass is 10.1. The third-order valence-electron chi connectivity index (χ3n) is 3.02. The van der Waals surface area contributed by atoms with E-state index in [0.717, 1.165) is 12.1 Å². The Balaban J connectivity index is 2.24. The van der Waals surface area contributed by atoms with Crippen LogP contribution in [0.15, 0.2) is 47.4 Å². The van der Waals surface area contributed by atoms with Gasteiger partial charge < -0.3 is 0 Å². The van der Waals surface area contributed by atoms with Crippen molar-refractivity contribution in [1.29, 1.82) is 5.26 Å². The lowest BCUT2D eigenvalue weighted by Gasteiger charge is -2.11. The van der Waals surface area contributed by atoms with Crippen molar-refractivity contribution in [2.75, 3.05) is 0 Å². The van der Waals surface area contributed by atoms with Gasteiger partial charge in [-0.3, -0.25) is 0 Å². The fourth-order valence-electron chi connectivity index (χ4n) is 1.91. The minimum absolute atomic E-state index is 0.114. The van der Waals surface area contributed by atoms with Gasteiger partial charge in [0.1, 0.15) is 5.82 Å². The maximum Gasteiger partial charge on any atom is 0.416 e. The maximum atomic E-state index is 13.3. The Kier molecular flexibility index (Phi) is 4.91. The van der Waals surface area contributed by atoms with Crippen molar-refractivity contribution in [1.82, 2.24) is 4.72 Å². The number of nitrogens with one attached hydrogen (secondary N) is 1. The third kappa shape index (κ3) is 4.31. The molecular formula is C15H10F4N2O2S. The van der Waals surface area contributed by atoms with Gasteiger partial charge in [-0.2, -0.15) is 18.4 Å². The van der Waals surface area contributed by atoms with Crippen molar-refractivity contribution in [2.45, 2.75) is 17.6 Å². The van der Waals surface area contributed by atoms with E-state index in [1.165, 1.54) is 18.2 Å². The summed E-state index contributed by atoms with van der Waals surface area (Å²) in [6.45, 7) is -0.528. The summed E-state index contributed by atoms with van der Waals surface area (Å²) in [7, 11) is -4.06. The summed E-state index contributed by atoms with van der Waals surface area (Å²) in [6, 6.07) is 8.69. The highest BCUT2D eigenvalue weighted by atomic mass is 32.2. The molecular weight excluding hydrogens is 348 g/mol. The fourth-order valence-corrected chi connectivity index (χ4v) is 2.97. The zero-order valence-electron chi connectivity index (χ0n) is 11.9. The molecule has 0 aliphatic heterocycles. The van der Waals surface area contributed by atoms with Gasteiger partial charge in [0.05, 0.1) is 22.1 Å². The molecule has 2 aromatic rings. The van der Waals surface area contributed by atoms with Crippen LogP contribution >= 0.6 is 0 Å². The smallest absolute Gasteiger partial charge is 0.207 e. The minimum Gasteiger partial charge on any atom is -0.207 e. The molecule has 0 fully saturated rings. The molecule has 0 aromatic heterocycles. The molecule has 0 aliphatic rings. The summed E-state index contributed by atoms with van der Waals surface area (Å²) in [5, 5.41) is 8.76. The number of hydrogen-bond acceptors (Lipinski definition) is 3. The average molecular weight is 358 g/mol. The lowest BCUT2D eigenvalue weighted by molar-refractivity contribution is -0.137. The summed E-state index contributed by atoms with van der Waals surface area (Å²) in [6.07, 6.45) is -4.74. The Hall–Kier alpha value is -2.44. The first-order valence-electron chi connectivity index (χ1n) is 6.48. The zero-order valence-corrected chi connectivity index (χ0v) is 12.7. The number of rotatable bonds is 4. The Labute approximate surface area is 135 Å². The van der Waals surface area contributed by atoms with Gasteiger partial charge in [0, 0.05) is 6.54 Å².